The Hall–Kier alpha value is -2.62. The Bertz CT molecular complexity index is 823. The molecule has 0 bridgehead atoms. The van der Waals surface area contributed by atoms with Crippen molar-refractivity contribution in [2.45, 2.75) is 24.0 Å². The minimum absolute atomic E-state index is 0.0136. The second-order valence-corrected chi connectivity index (χ2v) is 7.01. The van der Waals surface area contributed by atoms with Crippen molar-refractivity contribution >= 4 is 23.6 Å². The van der Waals surface area contributed by atoms with E-state index >= 15 is 0 Å². The third kappa shape index (κ3) is 4.51. The predicted octanol–water partition coefficient (Wildman–Crippen LogP) is 0.627. The number of nitrogens with zero attached hydrogens (tertiary/aromatic N) is 4. The van der Waals surface area contributed by atoms with Crippen molar-refractivity contribution in [3.8, 4) is 11.4 Å². The van der Waals surface area contributed by atoms with Gasteiger partial charge in [0.1, 0.15) is 5.82 Å². The normalized spacial score (nSPS) is 13.5. The van der Waals surface area contributed by atoms with Crippen LogP contribution < -0.4 is 11.2 Å². The van der Waals surface area contributed by atoms with Gasteiger partial charge in [-0.2, -0.15) is 0 Å². The number of nitrogens with two attached hydrogens (primary N) is 1. The summed E-state index contributed by atoms with van der Waals surface area (Å²) in [7, 11) is 1.57. The highest BCUT2D eigenvalue weighted by Crippen LogP contribution is 2.22. The average Bonchev–Trinajstić information content (AvgIpc) is 3.33. The van der Waals surface area contributed by atoms with Gasteiger partial charge in [0.2, 0.25) is 17.0 Å². The molecule has 0 radical (unpaired) electrons. The number of hydrogen-bond donors (Lipinski definition) is 2. The van der Waals surface area contributed by atoms with Crippen LogP contribution in [0.3, 0.4) is 0 Å². The van der Waals surface area contributed by atoms with Crippen LogP contribution in [0.5, 0.6) is 0 Å². The molecular weight excluding hydrogens is 359 g/mol. The monoisotopic (exact) mass is 378 g/mol. The zero-order valence-corrected chi connectivity index (χ0v) is 15.0. The average molecular weight is 378 g/mol. The second-order valence-electron chi connectivity index (χ2n) is 6.07. The summed E-state index contributed by atoms with van der Waals surface area (Å²) in [4.78, 5) is 25.3. The first-order valence-electron chi connectivity index (χ1n) is 8.06. The van der Waals surface area contributed by atoms with Gasteiger partial charge < -0.3 is 16.1 Å². The van der Waals surface area contributed by atoms with Crippen LogP contribution in [0, 0.1) is 5.82 Å². The van der Waals surface area contributed by atoms with E-state index in [9.17, 15) is 14.0 Å². The van der Waals surface area contributed by atoms with Crippen LogP contribution >= 0.6 is 11.8 Å². The zero-order valence-electron chi connectivity index (χ0n) is 14.2. The molecule has 138 valence electrons. The third-order valence-corrected chi connectivity index (χ3v) is 4.75. The molecule has 0 spiro atoms. The van der Waals surface area contributed by atoms with Crippen LogP contribution in [-0.2, 0) is 9.59 Å². The number of rotatable bonds is 7. The van der Waals surface area contributed by atoms with Crippen LogP contribution in [-0.4, -0.2) is 57.0 Å². The van der Waals surface area contributed by atoms with E-state index in [1.54, 1.807) is 19.2 Å². The molecule has 26 heavy (non-hydrogen) atoms. The Balaban J connectivity index is 1.55. The lowest BCUT2D eigenvalue weighted by Crippen LogP contribution is -2.39. The maximum absolute atomic E-state index is 13.3. The number of benzene rings is 1. The molecule has 3 rings (SSSR count). The highest BCUT2D eigenvalue weighted by molar-refractivity contribution is 7.99. The van der Waals surface area contributed by atoms with Gasteiger partial charge in [0.25, 0.3) is 0 Å². The summed E-state index contributed by atoms with van der Waals surface area (Å²) in [6, 6.07) is 6.11. The van der Waals surface area contributed by atoms with Crippen LogP contribution in [0.15, 0.2) is 29.4 Å². The van der Waals surface area contributed by atoms with Crippen molar-refractivity contribution in [2.75, 3.05) is 25.2 Å². The lowest BCUT2D eigenvalue weighted by molar-refractivity contribution is -0.132. The van der Waals surface area contributed by atoms with Crippen molar-refractivity contribution in [2.24, 2.45) is 0 Å². The maximum Gasteiger partial charge on any atom is 0.239 e. The predicted molar refractivity (Wildman–Crippen MR) is 95.1 cm³/mol. The smallest absolute Gasteiger partial charge is 0.239 e. The molecule has 0 saturated heterocycles. The highest BCUT2D eigenvalue weighted by atomic mass is 32.2. The molecule has 1 aromatic carbocycles. The molecule has 1 aromatic heterocycles. The fraction of sp³-hybridized carbons (Fsp3) is 0.375. The Morgan fingerprint density at radius 2 is 2.19 bits per heavy atom. The highest BCUT2D eigenvalue weighted by Gasteiger charge is 2.24. The molecule has 1 saturated carbocycles. The SMILES string of the molecule is CN(CC(=O)NC1CC1)C(=O)CSc1nnc(-c2cccc(F)c2)n1N. The van der Waals surface area contributed by atoms with Crippen LogP contribution in [0.4, 0.5) is 4.39 Å². The molecule has 2 aromatic rings. The van der Waals surface area contributed by atoms with Crippen molar-refractivity contribution in [3.05, 3.63) is 30.1 Å². The molecule has 0 unspecified atom stereocenters. The topological polar surface area (TPSA) is 106 Å². The molecule has 0 aliphatic heterocycles. The Morgan fingerprint density at radius 1 is 1.42 bits per heavy atom. The van der Waals surface area contributed by atoms with Gasteiger partial charge in [-0.3, -0.25) is 9.59 Å². The van der Waals surface area contributed by atoms with Gasteiger partial charge in [0.05, 0.1) is 12.3 Å². The Kier molecular flexibility index (Phi) is 5.40. The number of hydrogen-bond acceptors (Lipinski definition) is 6. The number of carbonyl (C=O) groups excluding carboxylic acids is 2. The zero-order chi connectivity index (χ0) is 18.7. The molecule has 10 heteroatoms. The van der Waals surface area contributed by atoms with Gasteiger partial charge in [0.15, 0.2) is 5.82 Å². The number of aromatic nitrogens is 3. The molecular formula is C16H19FN6O2S. The molecule has 0 atom stereocenters. The van der Waals surface area contributed by atoms with E-state index in [0.717, 1.165) is 24.6 Å². The Morgan fingerprint density at radius 3 is 2.88 bits per heavy atom. The minimum atomic E-state index is -0.402. The second kappa shape index (κ2) is 7.73. The minimum Gasteiger partial charge on any atom is -0.352 e. The van der Waals surface area contributed by atoms with Crippen molar-refractivity contribution in [1.29, 1.82) is 0 Å². The van der Waals surface area contributed by atoms with E-state index in [-0.39, 0.29) is 30.2 Å². The molecule has 1 aliphatic carbocycles. The van der Waals surface area contributed by atoms with Gasteiger partial charge >= 0.3 is 0 Å². The van der Waals surface area contributed by atoms with Gasteiger partial charge in [-0.1, -0.05) is 23.9 Å². The van der Waals surface area contributed by atoms with E-state index < -0.39 is 5.82 Å². The van der Waals surface area contributed by atoms with Gasteiger partial charge in [-0.15, -0.1) is 10.2 Å². The van der Waals surface area contributed by atoms with Crippen LogP contribution in [0.25, 0.3) is 11.4 Å². The molecule has 8 nitrogen and oxygen atoms in total. The van der Waals surface area contributed by atoms with E-state index in [0.29, 0.717) is 16.5 Å². The van der Waals surface area contributed by atoms with Crippen molar-refractivity contribution in [3.63, 3.8) is 0 Å². The molecule has 1 aliphatic rings. The molecule has 2 amide bonds. The van der Waals surface area contributed by atoms with Crippen LogP contribution in [0.1, 0.15) is 12.8 Å². The number of amides is 2. The third-order valence-electron chi connectivity index (χ3n) is 3.82. The lowest BCUT2D eigenvalue weighted by atomic mass is 10.2. The summed E-state index contributed by atoms with van der Waals surface area (Å²) >= 11 is 1.10. The van der Waals surface area contributed by atoms with E-state index in [2.05, 4.69) is 15.5 Å². The van der Waals surface area contributed by atoms with Crippen molar-refractivity contribution < 1.29 is 14.0 Å². The molecule has 1 fully saturated rings. The summed E-state index contributed by atoms with van der Waals surface area (Å²) in [6.07, 6.45) is 2.00. The van der Waals surface area contributed by atoms with Gasteiger partial charge in [-0.05, 0) is 25.0 Å². The Labute approximate surface area is 153 Å². The number of thioether (sulfide) groups is 1. The number of carbonyl (C=O) groups is 2. The fourth-order valence-corrected chi connectivity index (χ4v) is 3.04. The summed E-state index contributed by atoms with van der Waals surface area (Å²) in [5.41, 5.74) is 0.493. The van der Waals surface area contributed by atoms with Crippen LogP contribution in [0.2, 0.25) is 0 Å². The number of nitrogens with one attached hydrogen (secondary N) is 1. The first-order chi connectivity index (χ1) is 12.4. The largest absolute Gasteiger partial charge is 0.352 e. The quantitative estimate of drug-likeness (QED) is 0.541. The summed E-state index contributed by atoms with van der Waals surface area (Å²) < 4.78 is 14.5. The molecule has 1 heterocycles. The van der Waals surface area contributed by atoms with E-state index in [1.807, 2.05) is 0 Å². The first-order valence-corrected chi connectivity index (χ1v) is 9.05. The summed E-state index contributed by atoms with van der Waals surface area (Å²) in [5, 5.41) is 11.0. The summed E-state index contributed by atoms with van der Waals surface area (Å²) in [6.45, 7) is 0.0136. The fourth-order valence-electron chi connectivity index (χ4n) is 2.24. The maximum atomic E-state index is 13.3. The summed E-state index contributed by atoms with van der Waals surface area (Å²) in [5.74, 6) is 5.52. The van der Waals surface area contributed by atoms with Gasteiger partial charge in [0, 0.05) is 18.7 Å². The number of likely N-dealkylation sites (N-methyl/N-ethyl adjacent to an activating group) is 1. The lowest BCUT2D eigenvalue weighted by Gasteiger charge is -2.16. The van der Waals surface area contributed by atoms with Crippen molar-refractivity contribution in [1.82, 2.24) is 25.1 Å². The molecule has 3 N–H and O–H groups in total. The van der Waals surface area contributed by atoms with Gasteiger partial charge in [-0.25, -0.2) is 9.07 Å². The number of nitrogen functional groups attached to an aromatic ring is 1. The van der Waals surface area contributed by atoms with E-state index in [1.165, 1.54) is 21.7 Å². The number of halogens is 1. The first kappa shape index (κ1) is 18.2. The standard InChI is InChI=1S/C16H19FN6O2S/c1-22(8-13(24)19-12-5-6-12)14(25)9-26-16-21-20-15(23(16)18)10-3-2-4-11(17)7-10/h2-4,7,12H,5-6,8-9,18H2,1H3,(H,19,24). The van der Waals surface area contributed by atoms with E-state index in [4.69, 9.17) is 5.84 Å².